The highest BCUT2D eigenvalue weighted by Gasteiger charge is 2.16. The first-order chi connectivity index (χ1) is 8.68. The molecule has 0 saturated carbocycles. The van der Waals surface area contributed by atoms with Gasteiger partial charge >= 0.3 is 0 Å². The molecule has 0 unspecified atom stereocenters. The number of nitrogens with two attached hydrogens (primary N) is 1. The molecule has 0 atom stereocenters. The summed E-state index contributed by atoms with van der Waals surface area (Å²) in [4.78, 5) is -0.298. The minimum Gasteiger partial charge on any atom is -0.396 e. The van der Waals surface area contributed by atoms with Crippen molar-refractivity contribution in [3.05, 3.63) is 24.0 Å². The van der Waals surface area contributed by atoms with E-state index in [9.17, 15) is 21.2 Å². The number of hydrogen-bond acceptors (Lipinski definition) is 5. The fourth-order valence-corrected chi connectivity index (χ4v) is 3.11. The quantitative estimate of drug-likeness (QED) is 0.726. The molecule has 1 rings (SSSR count). The molecule has 0 amide bonds. The molecule has 0 aliphatic carbocycles. The Morgan fingerprint density at radius 1 is 1.26 bits per heavy atom. The van der Waals surface area contributed by atoms with Gasteiger partial charge in [0.2, 0.25) is 10.0 Å². The van der Waals surface area contributed by atoms with Crippen LogP contribution in [0.4, 0.5) is 10.1 Å². The van der Waals surface area contributed by atoms with Crippen molar-refractivity contribution in [3.63, 3.8) is 0 Å². The number of nitrogen functional groups attached to an aromatic ring is 1. The van der Waals surface area contributed by atoms with Crippen LogP contribution < -0.4 is 10.5 Å². The lowest BCUT2D eigenvalue weighted by atomic mass is 10.3. The molecule has 0 aliphatic rings. The van der Waals surface area contributed by atoms with Crippen molar-refractivity contribution in [2.24, 2.45) is 0 Å². The highest BCUT2D eigenvalue weighted by atomic mass is 32.2. The van der Waals surface area contributed by atoms with E-state index < -0.39 is 25.7 Å². The van der Waals surface area contributed by atoms with Crippen LogP contribution in [0.15, 0.2) is 23.1 Å². The lowest BCUT2D eigenvalue weighted by Crippen LogP contribution is -2.29. The molecular formula is C10H15FN2O4S2. The highest BCUT2D eigenvalue weighted by molar-refractivity contribution is 7.91. The molecule has 3 N–H and O–H groups in total. The van der Waals surface area contributed by atoms with Gasteiger partial charge in [-0.2, -0.15) is 0 Å². The third-order valence-electron chi connectivity index (χ3n) is 2.43. The van der Waals surface area contributed by atoms with Gasteiger partial charge in [0.25, 0.3) is 0 Å². The van der Waals surface area contributed by atoms with E-state index in [1.54, 1.807) is 0 Å². The van der Waals surface area contributed by atoms with Crippen LogP contribution >= 0.6 is 0 Å². The van der Waals surface area contributed by atoms with Crippen LogP contribution in [0.3, 0.4) is 0 Å². The standard InChI is InChI=1S/C10H15FN2O4S2/c1-2-18(14,15)6-5-13-19(16,17)8-3-4-10(12)9(11)7-8/h3-4,7,13H,2,5-6,12H2,1H3. The first kappa shape index (κ1) is 15.9. The minimum atomic E-state index is -3.94. The van der Waals surface area contributed by atoms with Gasteiger partial charge in [0, 0.05) is 12.3 Å². The number of nitrogens with one attached hydrogen (secondary N) is 1. The van der Waals surface area contributed by atoms with Gasteiger partial charge < -0.3 is 5.73 Å². The number of sulfonamides is 1. The maximum Gasteiger partial charge on any atom is 0.240 e. The third-order valence-corrected chi connectivity index (χ3v) is 5.59. The van der Waals surface area contributed by atoms with E-state index in [-0.39, 0.29) is 28.6 Å². The molecule has 0 aliphatic heterocycles. The van der Waals surface area contributed by atoms with E-state index in [2.05, 4.69) is 4.72 Å². The molecule has 0 saturated heterocycles. The number of hydrogen-bond donors (Lipinski definition) is 2. The Kier molecular flexibility index (Phi) is 4.88. The molecule has 1 aromatic rings. The maximum absolute atomic E-state index is 13.2. The van der Waals surface area contributed by atoms with Crippen LogP contribution in [0, 0.1) is 5.82 Å². The van der Waals surface area contributed by atoms with Crippen LogP contribution in [-0.2, 0) is 19.9 Å². The average Bonchev–Trinajstić information content (AvgIpc) is 2.32. The summed E-state index contributed by atoms with van der Waals surface area (Å²) in [6.45, 7) is 1.21. The Labute approximate surface area is 111 Å². The summed E-state index contributed by atoms with van der Waals surface area (Å²) < 4.78 is 61.2. The second kappa shape index (κ2) is 5.85. The summed E-state index contributed by atoms with van der Waals surface area (Å²) in [5, 5.41) is 0. The Morgan fingerprint density at radius 3 is 2.42 bits per heavy atom. The second-order valence-electron chi connectivity index (χ2n) is 3.82. The van der Waals surface area contributed by atoms with Crippen LogP contribution in [0.1, 0.15) is 6.92 Å². The van der Waals surface area contributed by atoms with Gasteiger partial charge in [-0.15, -0.1) is 0 Å². The van der Waals surface area contributed by atoms with Crippen molar-refractivity contribution in [2.75, 3.05) is 23.8 Å². The van der Waals surface area contributed by atoms with Gasteiger partial charge in [-0.05, 0) is 18.2 Å². The van der Waals surface area contributed by atoms with Gasteiger partial charge in [0.05, 0.1) is 16.3 Å². The van der Waals surface area contributed by atoms with Gasteiger partial charge in [0.1, 0.15) is 5.82 Å². The zero-order valence-electron chi connectivity index (χ0n) is 10.3. The minimum absolute atomic E-state index is 0.0643. The summed E-state index contributed by atoms with van der Waals surface area (Å²) in [6, 6.07) is 3.06. The fourth-order valence-electron chi connectivity index (χ4n) is 1.23. The molecule has 0 radical (unpaired) electrons. The summed E-state index contributed by atoms with van der Waals surface area (Å²) in [5.74, 6) is -1.21. The van der Waals surface area contributed by atoms with Gasteiger partial charge in [-0.1, -0.05) is 6.92 Å². The number of benzene rings is 1. The van der Waals surface area contributed by atoms with Gasteiger partial charge in [-0.3, -0.25) is 0 Å². The SMILES string of the molecule is CCS(=O)(=O)CCNS(=O)(=O)c1ccc(N)c(F)c1. The van der Waals surface area contributed by atoms with E-state index in [0.29, 0.717) is 0 Å². The zero-order valence-corrected chi connectivity index (χ0v) is 11.9. The van der Waals surface area contributed by atoms with E-state index in [1.807, 2.05) is 0 Å². The lowest BCUT2D eigenvalue weighted by molar-refractivity contribution is 0.578. The Hall–Kier alpha value is -1.19. The van der Waals surface area contributed by atoms with Crippen molar-refractivity contribution < 1.29 is 21.2 Å². The molecule has 0 fully saturated rings. The topological polar surface area (TPSA) is 106 Å². The predicted molar refractivity (Wildman–Crippen MR) is 70.3 cm³/mol. The van der Waals surface area contributed by atoms with Crippen LogP contribution in [-0.4, -0.2) is 34.9 Å². The number of sulfone groups is 1. The monoisotopic (exact) mass is 310 g/mol. The summed E-state index contributed by atoms with van der Waals surface area (Å²) in [7, 11) is -7.20. The van der Waals surface area contributed by atoms with Crippen molar-refractivity contribution >= 4 is 25.5 Å². The Morgan fingerprint density at radius 2 is 1.89 bits per heavy atom. The molecule has 0 aromatic heterocycles. The lowest BCUT2D eigenvalue weighted by Gasteiger charge is -2.07. The van der Waals surface area contributed by atoms with E-state index in [4.69, 9.17) is 5.73 Å². The van der Waals surface area contributed by atoms with Crippen molar-refractivity contribution in [2.45, 2.75) is 11.8 Å². The van der Waals surface area contributed by atoms with Crippen molar-refractivity contribution in [3.8, 4) is 0 Å². The molecular weight excluding hydrogens is 295 g/mol. The zero-order chi connectivity index (χ0) is 14.7. The normalized spacial score (nSPS) is 12.5. The van der Waals surface area contributed by atoms with Crippen molar-refractivity contribution in [1.82, 2.24) is 4.72 Å². The summed E-state index contributed by atoms with van der Waals surface area (Å²) in [6.07, 6.45) is 0. The molecule has 0 heterocycles. The first-order valence-electron chi connectivity index (χ1n) is 5.43. The largest absolute Gasteiger partial charge is 0.396 e. The van der Waals surface area contributed by atoms with Gasteiger partial charge in [-0.25, -0.2) is 25.9 Å². The number of anilines is 1. The fraction of sp³-hybridized carbons (Fsp3) is 0.400. The Bertz CT molecular complexity index is 656. The van der Waals surface area contributed by atoms with E-state index in [1.165, 1.54) is 6.92 Å². The third kappa shape index (κ3) is 4.44. The molecule has 0 spiro atoms. The molecule has 1 aromatic carbocycles. The summed E-state index contributed by atoms with van der Waals surface area (Å²) >= 11 is 0. The van der Waals surface area contributed by atoms with E-state index >= 15 is 0 Å². The molecule has 9 heteroatoms. The second-order valence-corrected chi connectivity index (χ2v) is 8.06. The molecule has 108 valence electrons. The number of rotatable bonds is 6. The van der Waals surface area contributed by atoms with Crippen LogP contribution in [0.2, 0.25) is 0 Å². The molecule has 0 bridgehead atoms. The van der Waals surface area contributed by atoms with Crippen molar-refractivity contribution in [1.29, 1.82) is 0 Å². The summed E-state index contributed by atoms with van der Waals surface area (Å²) in [5.41, 5.74) is 5.08. The average molecular weight is 310 g/mol. The first-order valence-corrected chi connectivity index (χ1v) is 8.73. The van der Waals surface area contributed by atoms with Crippen LogP contribution in [0.5, 0.6) is 0 Å². The maximum atomic E-state index is 13.2. The van der Waals surface area contributed by atoms with Gasteiger partial charge in [0.15, 0.2) is 9.84 Å². The smallest absolute Gasteiger partial charge is 0.240 e. The predicted octanol–water partition coefficient (Wildman–Crippen LogP) is 0.121. The number of halogens is 1. The molecule has 19 heavy (non-hydrogen) atoms. The Balaban J connectivity index is 2.79. The highest BCUT2D eigenvalue weighted by Crippen LogP contribution is 2.15. The van der Waals surface area contributed by atoms with E-state index in [0.717, 1.165) is 18.2 Å². The molecule has 6 nitrogen and oxygen atoms in total. The van der Waals surface area contributed by atoms with Crippen LogP contribution in [0.25, 0.3) is 0 Å².